The van der Waals surface area contributed by atoms with Crippen molar-refractivity contribution in [2.45, 2.75) is 18.4 Å². The first kappa shape index (κ1) is 12.9. The maximum atomic E-state index is 10.5. The van der Waals surface area contributed by atoms with Crippen LogP contribution in [-0.4, -0.2) is 5.11 Å². The molecule has 1 aromatic heterocycles. The summed E-state index contributed by atoms with van der Waals surface area (Å²) < 4.78 is 5.76. The van der Waals surface area contributed by atoms with E-state index in [0.717, 1.165) is 11.8 Å². The van der Waals surface area contributed by atoms with Gasteiger partial charge in [-0.3, -0.25) is 0 Å². The molecule has 3 heteroatoms. The number of furan rings is 1. The third-order valence-electron chi connectivity index (χ3n) is 4.28. The van der Waals surface area contributed by atoms with Crippen LogP contribution in [-0.2, 0) is 0 Å². The van der Waals surface area contributed by atoms with Gasteiger partial charge in [-0.05, 0) is 36.0 Å². The van der Waals surface area contributed by atoms with Gasteiger partial charge in [0.15, 0.2) is 5.58 Å². The third kappa shape index (κ3) is 2.25. The monoisotopic (exact) mass is 298 g/mol. The molecule has 3 aromatic rings. The first-order valence-corrected chi connectivity index (χ1v) is 7.53. The van der Waals surface area contributed by atoms with Gasteiger partial charge in [-0.25, -0.2) is 0 Å². The number of hydrogen-bond donors (Lipinski definition) is 1. The second-order valence-corrected chi connectivity index (χ2v) is 6.08. The Morgan fingerprint density at radius 1 is 1.10 bits per heavy atom. The minimum absolute atomic E-state index is 0.228. The average Bonchev–Trinajstić information content (AvgIpc) is 3.19. The standard InChI is InChI=1S/C18H15ClO2/c19-15-8-4-7-12-9-16(21-18(12)15)17(20)14-10-13(14)11-5-2-1-3-6-11/h1-9,13-14,17,20H,10H2. The summed E-state index contributed by atoms with van der Waals surface area (Å²) in [7, 11) is 0. The fourth-order valence-corrected chi connectivity index (χ4v) is 3.27. The van der Waals surface area contributed by atoms with Gasteiger partial charge in [0.25, 0.3) is 0 Å². The molecule has 4 rings (SSSR count). The summed E-state index contributed by atoms with van der Waals surface area (Å²) in [5, 5.41) is 12.1. The maximum absolute atomic E-state index is 10.5. The first-order valence-electron chi connectivity index (χ1n) is 7.15. The number of para-hydroxylation sites is 1. The van der Waals surface area contributed by atoms with E-state index in [4.69, 9.17) is 16.0 Å². The van der Waals surface area contributed by atoms with Crippen LogP contribution >= 0.6 is 11.6 Å². The van der Waals surface area contributed by atoms with E-state index in [0.29, 0.717) is 22.3 Å². The van der Waals surface area contributed by atoms with E-state index in [1.807, 2.05) is 36.4 Å². The van der Waals surface area contributed by atoms with Crippen molar-refractivity contribution in [3.8, 4) is 0 Å². The highest BCUT2D eigenvalue weighted by Gasteiger charge is 2.45. The molecular weight excluding hydrogens is 284 g/mol. The van der Waals surface area contributed by atoms with Gasteiger partial charge in [0.2, 0.25) is 0 Å². The number of rotatable bonds is 3. The molecule has 1 aliphatic carbocycles. The quantitative estimate of drug-likeness (QED) is 0.744. The van der Waals surface area contributed by atoms with Gasteiger partial charge in [-0.1, -0.05) is 54.1 Å². The zero-order valence-electron chi connectivity index (χ0n) is 11.4. The van der Waals surface area contributed by atoms with Crippen LogP contribution in [0.3, 0.4) is 0 Å². The number of fused-ring (bicyclic) bond motifs is 1. The second kappa shape index (κ2) is 4.90. The van der Waals surface area contributed by atoms with E-state index >= 15 is 0 Å². The van der Waals surface area contributed by atoms with Gasteiger partial charge in [-0.2, -0.15) is 0 Å². The van der Waals surface area contributed by atoms with E-state index in [9.17, 15) is 5.11 Å². The Morgan fingerprint density at radius 3 is 2.67 bits per heavy atom. The van der Waals surface area contributed by atoms with Crippen LogP contribution in [0.25, 0.3) is 11.0 Å². The predicted octanol–water partition coefficient (Wildman–Crippen LogP) is 4.92. The van der Waals surface area contributed by atoms with Crippen LogP contribution in [0.15, 0.2) is 59.0 Å². The summed E-state index contributed by atoms with van der Waals surface area (Å²) in [6.07, 6.45) is 0.425. The van der Waals surface area contributed by atoms with Gasteiger partial charge in [0.1, 0.15) is 11.9 Å². The van der Waals surface area contributed by atoms with Crippen molar-refractivity contribution in [1.29, 1.82) is 0 Å². The lowest BCUT2D eigenvalue weighted by atomic mass is 10.1. The normalized spacial score (nSPS) is 22.4. The Kier molecular flexibility index (Phi) is 3.02. The van der Waals surface area contributed by atoms with Crippen LogP contribution < -0.4 is 0 Å². The highest BCUT2D eigenvalue weighted by atomic mass is 35.5. The van der Waals surface area contributed by atoms with Gasteiger partial charge < -0.3 is 9.52 Å². The third-order valence-corrected chi connectivity index (χ3v) is 4.58. The molecule has 21 heavy (non-hydrogen) atoms. The molecule has 0 saturated heterocycles. The lowest BCUT2D eigenvalue weighted by molar-refractivity contribution is 0.127. The van der Waals surface area contributed by atoms with Gasteiger partial charge >= 0.3 is 0 Å². The molecule has 106 valence electrons. The zero-order valence-corrected chi connectivity index (χ0v) is 12.1. The molecule has 1 fully saturated rings. The number of aliphatic hydroxyl groups excluding tert-OH is 1. The van der Waals surface area contributed by atoms with Crippen molar-refractivity contribution in [2.24, 2.45) is 5.92 Å². The number of hydrogen-bond acceptors (Lipinski definition) is 2. The summed E-state index contributed by atoms with van der Waals surface area (Å²) in [5.41, 5.74) is 1.95. The Bertz CT molecular complexity index is 778. The lowest BCUT2D eigenvalue weighted by Gasteiger charge is -2.07. The lowest BCUT2D eigenvalue weighted by Crippen LogP contribution is -1.99. The molecule has 0 spiro atoms. The van der Waals surface area contributed by atoms with Crippen molar-refractivity contribution < 1.29 is 9.52 Å². The summed E-state index contributed by atoms with van der Waals surface area (Å²) in [6.45, 7) is 0. The van der Waals surface area contributed by atoms with Crippen molar-refractivity contribution in [2.75, 3.05) is 0 Å². The number of halogens is 1. The van der Waals surface area contributed by atoms with Crippen LogP contribution in [0.5, 0.6) is 0 Å². The first-order chi connectivity index (χ1) is 10.2. The summed E-state index contributed by atoms with van der Waals surface area (Å²) >= 11 is 6.12. The SMILES string of the molecule is OC(c1cc2cccc(Cl)c2o1)C1CC1c1ccccc1. The smallest absolute Gasteiger partial charge is 0.152 e. The average molecular weight is 299 g/mol. The van der Waals surface area contributed by atoms with Crippen LogP contribution in [0.2, 0.25) is 5.02 Å². The summed E-state index contributed by atoms with van der Waals surface area (Å²) in [4.78, 5) is 0. The molecule has 3 unspecified atom stereocenters. The molecule has 1 heterocycles. The Labute approximate surface area is 128 Å². The van der Waals surface area contributed by atoms with Crippen LogP contribution in [0.1, 0.15) is 29.8 Å². The van der Waals surface area contributed by atoms with E-state index < -0.39 is 6.10 Å². The predicted molar refractivity (Wildman–Crippen MR) is 83.5 cm³/mol. The molecule has 0 radical (unpaired) electrons. The molecule has 1 saturated carbocycles. The Hall–Kier alpha value is -1.77. The van der Waals surface area contributed by atoms with Crippen LogP contribution in [0.4, 0.5) is 0 Å². The summed E-state index contributed by atoms with van der Waals surface area (Å²) in [6, 6.07) is 17.9. The molecule has 2 aromatic carbocycles. The van der Waals surface area contributed by atoms with E-state index in [-0.39, 0.29) is 5.92 Å². The fraction of sp³-hybridized carbons (Fsp3) is 0.222. The van der Waals surface area contributed by atoms with Gasteiger partial charge in [0, 0.05) is 5.39 Å². The molecule has 2 nitrogen and oxygen atoms in total. The highest BCUT2D eigenvalue weighted by Crippen LogP contribution is 2.54. The minimum atomic E-state index is -0.571. The molecular formula is C18H15ClO2. The largest absolute Gasteiger partial charge is 0.457 e. The maximum Gasteiger partial charge on any atom is 0.152 e. The Morgan fingerprint density at radius 2 is 1.90 bits per heavy atom. The van der Waals surface area contributed by atoms with Gasteiger partial charge in [0.05, 0.1) is 5.02 Å². The topological polar surface area (TPSA) is 33.4 Å². The molecule has 1 N–H and O–H groups in total. The second-order valence-electron chi connectivity index (χ2n) is 5.67. The highest BCUT2D eigenvalue weighted by molar-refractivity contribution is 6.34. The summed E-state index contributed by atoms with van der Waals surface area (Å²) in [5.74, 6) is 1.26. The van der Waals surface area contributed by atoms with E-state index in [2.05, 4.69) is 12.1 Å². The zero-order chi connectivity index (χ0) is 14.4. The molecule has 0 amide bonds. The van der Waals surface area contributed by atoms with Crippen LogP contribution in [0, 0.1) is 5.92 Å². The van der Waals surface area contributed by atoms with E-state index in [1.165, 1.54) is 5.56 Å². The molecule has 3 atom stereocenters. The van der Waals surface area contributed by atoms with Crippen molar-refractivity contribution in [3.63, 3.8) is 0 Å². The molecule has 1 aliphatic rings. The number of benzene rings is 2. The minimum Gasteiger partial charge on any atom is -0.457 e. The molecule has 0 aliphatic heterocycles. The van der Waals surface area contributed by atoms with E-state index in [1.54, 1.807) is 6.07 Å². The number of aliphatic hydroxyl groups is 1. The van der Waals surface area contributed by atoms with Crippen molar-refractivity contribution in [1.82, 2.24) is 0 Å². The fourth-order valence-electron chi connectivity index (χ4n) is 3.05. The van der Waals surface area contributed by atoms with Crippen molar-refractivity contribution >= 4 is 22.6 Å². The van der Waals surface area contributed by atoms with Gasteiger partial charge in [-0.15, -0.1) is 0 Å². The Balaban J connectivity index is 1.60. The molecule has 0 bridgehead atoms. The van der Waals surface area contributed by atoms with Crippen molar-refractivity contribution in [3.05, 3.63) is 70.9 Å².